The molecule has 0 bridgehead atoms. The van der Waals surface area contributed by atoms with E-state index in [0.717, 1.165) is 24.5 Å². The van der Waals surface area contributed by atoms with Crippen molar-refractivity contribution >= 4 is 11.8 Å². The molecule has 1 aliphatic rings. The molecular weight excluding hydrogens is 234 g/mol. The van der Waals surface area contributed by atoms with Gasteiger partial charge in [0.05, 0.1) is 6.61 Å². The minimum absolute atomic E-state index is 0.269. The molecule has 0 spiro atoms. The first-order valence-corrected chi connectivity index (χ1v) is 5.86. The Balaban J connectivity index is 2.03. The summed E-state index contributed by atoms with van der Waals surface area (Å²) < 4.78 is 10.9. The van der Waals surface area contributed by atoms with Crippen LogP contribution in [-0.4, -0.2) is 42.4 Å². The number of nitrogen functional groups attached to an aromatic ring is 1. The maximum atomic E-state index is 5.54. The zero-order valence-electron chi connectivity index (χ0n) is 10.7. The summed E-state index contributed by atoms with van der Waals surface area (Å²) in [4.78, 5) is 8.35. The van der Waals surface area contributed by atoms with Crippen molar-refractivity contribution in [1.29, 1.82) is 0 Å². The van der Waals surface area contributed by atoms with Gasteiger partial charge in [0.25, 0.3) is 0 Å². The van der Waals surface area contributed by atoms with E-state index >= 15 is 0 Å². The fourth-order valence-corrected chi connectivity index (χ4v) is 1.94. The lowest BCUT2D eigenvalue weighted by molar-refractivity contribution is -0.00625. The molecule has 2 heterocycles. The quantitative estimate of drug-likeness (QED) is 0.513. The van der Waals surface area contributed by atoms with E-state index in [1.165, 1.54) is 0 Å². The van der Waals surface area contributed by atoms with Crippen LogP contribution in [0, 0.1) is 6.92 Å². The van der Waals surface area contributed by atoms with E-state index in [9.17, 15) is 0 Å². The predicted molar refractivity (Wildman–Crippen MR) is 68.2 cm³/mol. The Morgan fingerprint density at radius 1 is 1.56 bits per heavy atom. The molecule has 0 aromatic carbocycles. The highest BCUT2D eigenvalue weighted by molar-refractivity contribution is 5.41. The van der Waals surface area contributed by atoms with E-state index < -0.39 is 0 Å². The minimum Gasteiger partial charge on any atom is -0.378 e. The number of nitrogens with zero attached hydrogens (tertiary/aromatic N) is 2. The molecule has 1 saturated heterocycles. The van der Waals surface area contributed by atoms with Gasteiger partial charge in [-0.25, -0.2) is 10.8 Å². The number of anilines is 2. The van der Waals surface area contributed by atoms with Crippen molar-refractivity contribution in [2.45, 2.75) is 18.9 Å². The molecule has 18 heavy (non-hydrogen) atoms. The van der Waals surface area contributed by atoms with Crippen LogP contribution in [0.4, 0.5) is 11.8 Å². The zero-order valence-corrected chi connectivity index (χ0v) is 10.7. The van der Waals surface area contributed by atoms with Crippen LogP contribution in [0.5, 0.6) is 0 Å². The SMILES string of the molecule is COC1(CNc2cc(C)nc(NN)n2)CCOC1. The predicted octanol–water partition coefficient (Wildman–Crippen LogP) is 0.288. The number of hydrogen-bond donors (Lipinski definition) is 3. The van der Waals surface area contributed by atoms with E-state index in [1.54, 1.807) is 7.11 Å². The lowest BCUT2D eigenvalue weighted by atomic mass is 10.0. The third-order valence-electron chi connectivity index (χ3n) is 3.08. The Hall–Kier alpha value is -1.44. The molecule has 2 rings (SSSR count). The van der Waals surface area contributed by atoms with Gasteiger partial charge in [0.1, 0.15) is 11.4 Å². The minimum atomic E-state index is -0.269. The molecule has 0 saturated carbocycles. The standard InChI is InChI=1S/C11H19N5O2/c1-8-5-9(15-10(14-8)16-12)13-6-11(17-2)3-4-18-7-11/h5H,3-4,6-7,12H2,1-2H3,(H2,13,14,15,16). The smallest absolute Gasteiger partial charge is 0.239 e. The lowest BCUT2D eigenvalue weighted by Crippen LogP contribution is -2.39. The van der Waals surface area contributed by atoms with Crippen LogP contribution in [-0.2, 0) is 9.47 Å². The number of rotatable bonds is 5. The molecule has 0 radical (unpaired) electrons. The van der Waals surface area contributed by atoms with E-state index in [-0.39, 0.29) is 5.60 Å². The molecule has 7 nitrogen and oxygen atoms in total. The van der Waals surface area contributed by atoms with Crippen molar-refractivity contribution in [1.82, 2.24) is 9.97 Å². The highest BCUT2D eigenvalue weighted by atomic mass is 16.5. The fraction of sp³-hybridized carbons (Fsp3) is 0.636. The van der Waals surface area contributed by atoms with Crippen LogP contribution in [0.15, 0.2) is 6.07 Å². The van der Waals surface area contributed by atoms with Crippen molar-refractivity contribution in [2.24, 2.45) is 5.84 Å². The van der Waals surface area contributed by atoms with E-state index in [0.29, 0.717) is 19.1 Å². The van der Waals surface area contributed by atoms with Crippen molar-refractivity contribution in [2.75, 3.05) is 37.6 Å². The van der Waals surface area contributed by atoms with Crippen LogP contribution in [0.2, 0.25) is 0 Å². The highest BCUT2D eigenvalue weighted by Crippen LogP contribution is 2.23. The second-order valence-electron chi connectivity index (χ2n) is 4.41. The first-order chi connectivity index (χ1) is 8.67. The number of nitrogens with two attached hydrogens (primary N) is 1. The molecule has 4 N–H and O–H groups in total. The largest absolute Gasteiger partial charge is 0.378 e. The number of hydrazine groups is 1. The van der Waals surface area contributed by atoms with Gasteiger partial charge in [-0.05, 0) is 6.92 Å². The van der Waals surface area contributed by atoms with Crippen molar-refractivity contribution in [3.63, 3.8) is 0 Å². The Bertz CT molecular complexity index is 406. The number of nitrogens with one attached hydrogen (secondary N) is 2. The average Bonchev–Trinajstić information content (AvgIpc) is 2.85. The molecule has 0 amide bonds. The molecule has 0 aliphatic carbocycles. The van der Waals surface area contributed by atoms with Gasteiger partial charge in [-0.15, -0.1) is 0 Å². The van der Waals surface area contributed by atoms with Crippen LogP contribution in [0.3, 0.4) is 0 Å². The first-order valence-electron chi connectivity index (χ1n) is 5.86. The Kier molecular flexibility index (Phi) is 3.95. The van der Waals surface area contributed by atoms with Crippen molar-refractivity contribution in [3.8, 4) is 0 Å². The Labute approximate surface area is 106 Å². The molecule has 1 aromatic rings. The Morgan fingerprint density at radius 2 is 2.39 bits per heavy atom. The van der Waals surface area contributed by atoms with Crippen molar-refractivity contribution < 1.29 is 9.47 Å². The topological polar surface area (TPSA) is 94.3 Å². The van der Waals surface area contributed by atoms with Crippen LogP contribution >= 0.6 is 0 Å². The maximum Gasteiger partial charge on any atom is 0.239 e. The molecule has 100 valence electrons. The van der Waals surface area contributed by atoms with Gasteiger partial charge in [-0.2, -0.15) is 4.98 Å². The van der Waals surface area contributed by atoms with E-state index in [4.69, 9.17) is 15.3 Å². The second kappa shape index (κ2) is 5.47. The fourth-order valence-electron chi connectivity index (χ4n) is 1.94. The molecule has 1 atom stereocenters. The number of ether oxygens (including phenoxy) is 2. The zero-order chi connectivity index (χ0) is 13.0. The van der Waals surface area contributed by atoms with Gasteiger partial charge in [0, 0.05) is 38.4 Å². The van der Waals surface area contributed by atoms with Gasteiger partial charge in [0.2, 0.25) is 5.95 Å². The van der Waals surface area contributed by atoms with Crippen LogP contribution in [0.1, 0.15) is 12.1 Å². The summed E-state index contributed by atoms with van der Waals surface area (Å²) in [6.45, 7) is 3.86. The van der Waals surface area contributed by atoms with Gasteiger partial charge >= 0.3 is 0 Å². The molecule has 1 fully saturated rings. The van der Waals surface area contributed by atoms with Crippen LogP contribution in [0.25, 0.3) is 0 Å². The summed E-state index contributed by atoms with van der Waals surface area (Å²) >= 11 is 0. The van der Waals surface area contributed by atoms with Crippen LogP contribution < -0.4 is 16.6 Å². The third kappa shape index (κ3) is 2.87. The summed E-state index contributed by atoms with van der Waals surface area (Å²) in [5.74, 6) is 6.43. The average molecular weight is 253 g/mol. The van der Waals surface area contributed by atoms with E-state index in [1.807, 2.05) is 13.0 Å². The first kappa shape index (κ1) is 13.0. The lowest BCUT2D eigenvalue weighted by Gasteiger charge is -2.26. The van der Waals surface area contributed by atoms with Gasteiger partial charge in [-0.3, -0.25) is 5.43 Å². The summed E-state index contributed by atoms with van der Waals surface area (Å²) in [7, 11) is 1.70. The molecule has 1 aromatic heterocycles. The maximum absolute atomic E-state index is 5.54. The molecule has 7 heteroatoms. The number of methoxy groups -OCH3 is 1. The van der Waals surface area contributed by atoms with Crippen molar-refractivity contribution in [3.05, 3.63) is 11.8 Å². The van der Waals surface area contributed by atoms with Gasteiger partial charge in [-0.1, -0.05) is 0 Å². The third-order valence-corrected chi connectivity index (χ3v) is 3.08. The molecule has 1 unspecified atom stereocenters. The summed E-state index contributed by atoms with van der Waals surface area (Å²) in [5, 5.41) is 3.24. The number of aromatic nitrogens is 2. The summed E-state index contributed by atoms with van der Waals surface area (Å²) in [6, 6.07) is 1.86. The second-order valence-corrected chi connectivity index (χ2v) is 4.41. The van der Waals surface area contributed by atoms with Gasteiger partial charge < -0.3 is 14.8 Å². The monoisotopic (exact) mass is 253 g/mol. The molecule has 1 aliphatic heterocycles. The normalized spacial score (nSPS) is 23.1. The van der Waals surface area contributed by atoms with E-state index in [2.05, 4.69) is 20.7 Å². The Morgan fingerprint density at radius 3 is 3.00 bits per heavy atom. The molecular formula is C11H19N5O2. The summed E-state index contributed by atoms with van der Waals surface area (Å²) in [6.07, 6.45) is 0.878. The summed E-state index contributed by atoms with van der Waals surface area (Å²) in [5.41, 5.74) is 3.01. The van der Waals surface area contributed by atoms with Gasteiger partial charge in [0.15, 0.2) is 0 Å². The highest BCUT2D eigenvalue weighted by Gasteiger charge is 2.34. The number of aryl methyl sites for hydroxylation is 1. The number of hydrogen-bond acceptors (Lipinski definition) is 7.